The van der Waals surface area contributed by atoms with Crippen molar-refractivity contribution in [2.75, 3.05) is 6.79 Å². The van der Waals surface area contributed by atoms with Crippen LogP contribution in [0.3, 0.4) is 0 Å². The summed E-state index contributed by atoms with van der Waals surface area (Å²) in [7, 11) is 0. The zero-order chi connectivity index (χ0) is 8.67. The molecule has 0 bridgehead atoms. The van der Waals surface area contributed by atoms with Crippen molar-refractivity contribution in [2.24, 2.45) is 0 Å². The van der Waals surface area contributed by atoms with Gasteiger partial charge in [0.1, 0.15) is 6.33 Å². The Morgan fingerprint density at radius 3 is 3.23 bits per heavy atom. The maximum absolute atomic E-state index is 5.31. The molecule has 0 radical (unpaired) electrons. The molecule has 0 N–H and O–H groups in total. The molecule has 0 fully saturated rings. The van der Waals surface area contributed by atoms with Crippen molar-refractivity contribution in [3.63, 3.8) is 0 Å². The minimum Gasteiger partial charge on any atom is -0.454 e. The highest BCUT2D eigenvalue weighted by molar-refractivity contribution is 5.87. The third kappa shape index (κ3) is 0.853. The lowest BCUT2D eigenvalue weighted by Gasteiger charge is -1.99. The summed E-state index contributed by atoms with van der Waals surface area (Å²) < 4.78 is 10.5. The zero-order valence-corrected chi connectivity index (χ0v) is 6.73. The van der Waals surface area contributed by atoms with Crippen molar-refractivity contribution in [2.45, 2.75) is 0 Å². The molecule has 1 aromatic heterocycles. The summed E-state index contributed by atoms with van der Waals surface area (Å²) in [5.74, 6) is 1.51. The number of aromatic nitrogens is 2. The van der Waals surface area contributed by atoms with E-state index in [4.69, 9.17) is 9.47 Å². The first-order chi connectivity index (χ1) is 6.45. The molecule has 2 aromatic rings. The minimum absolute atomic E-state index is 0.281. The van der Waals surface area contributed by atoms with Crippen molar-refractivity contribution < 1.29 is 9.47 Å². The number of nitrogens with zero attached hydrogens (tertiary/aromatic N) is 2. The summed E-state index contributed by atoms with van der Waals surface area (Å²) >= 11 is 0. The third-order valence-electron chi connectivity index (χ3n) is 2.02. The SMILES string of the molecule is c1ncc2c3c(ccc2n1)OCO3. The average molecular weight is 174 g/mol. The van der Waals surface area contributed by atoms with Crippen LogP contribution in [-0.2, 0) is 0 Å². The largest absolute Gasteiger partial charge is 0.454 e. The topological polar surface area (TPSA) is 44.2 Å². The molecule has 1 aromatic carbocycles. The van der Waals surface area contributed by atoms with E-state index in [-0.39, 0.29) is 6.79 Å². The molecule has 0 saturated carbocycles. The van der Waals surface area contributed by atoms with E-state index in [1.165, 1.54) is 6.33 Å². The van der Waals surface area contributed by atoms with Crippen LogP contribution >= 0.6 is 0 Å². The van der Waals surface area contributed by atoms with Gasteiger partial charge in [0.2, 0.25) is 6.79 Å². The van der Waals surface area contributed by atoms with Gasteiger partial charge in [-0.3, -0.25) is 0 Å². The Bertz CT molecular complexity index is 470. The van der Waals surface area contributed by atoms with E-state index < -0.39 is 0 Å². The van der Waals surface area contributed by atoms with Crippen LogP contribution < -0.4 is 9.47 Å². The Morgan fingerprint density at radius 2 is 2.23 bits per heavy atom. The second-order valence-corrected chi connectivity index (χ2v) is 2.75. The van der Waals surface area contributed by atoms with Gasteiger partial charge in [0.05, 0.1) is 10.9 Å². The number of fused-ring (bicyclic) bond motifs is 3. The summed E-state index contributed by atoms with van der Waals surface area (Å²) in [5, 5.41) is 0.900. The number of rotatable bonds is 0. The molecule has 0 spiro atoms. The Morgan fingerprint density at radius 1 is 1.23 bits per heavy atom. The van der Waals surface area contributed by atoms with Gasteiger partial charge >= 0.3 is 0 Å². The van der Waals surface area contributed by atoms with Gasteiger partial charge < -0.3 is 9.47 Å². The van der Waals surface area contributed by atoms with Crippen molar-refractivity contribution in [1.82, 2.24) is 9.97 Å². The standard InChI is InChI=1S/C9H6N2O2/c1-2-8-9(13-5-12-8)6-3-10-4-11-7(1)6/h1-4H,5H2. The van der Waals surface area contributed by atoms with E-state index in [2.05, 4.69) is 9.97 Å². The first-order valence-corrected chi connectivity index (χ1v) is 3.93. The lowest BCUT2D eigenvalue weighted by atomic mass is 10.2. The van der Waals surface area contributed by atoms with E-state index in [0.29, 0.717) is 0 Å². The van der Waals surface area contributed by atoms with Crippen LogP contribution in [0.25, 0.3) is 10.9 Å². The Kier molecular flexibility index (Phi) is 1.19. The highest BCUT2D eigenvalue weighted by Crippen LogP contribution is 2.37. The summed E-state index contributed by atoms with van der Waals surface area (Å²) in [6.07, 6.45) is 3.25. The van der Waals surface area contributed by atoms with Gasteiger partial charge in [0, 0.05) is 6.20 Å². The predicted octanol–water partition coefficient (Wildman–Crippen LogP) is 1.36. The number of hydrogen-bond acceptors (Lipinski definition) is 4. The molecule has 64 valence electrons. The van der Waals surface area contributed by atoms with Gasteiger partial charge in [-0.1, -0.05) is 0 Å². The molecule has 13 heavy (non-hydrogen) atoms. The highest BCUT2D eigenvalue weighted by Gasteiger charge is 2.16. The third-order valence-corrected chi connectivity index (χ3v) is 2.02. The second kappa shape index (κ2) is 2.32. The zero-order valence-electron chi connectivity index (χ0n) is 6.73. The van der Waals surface area contributed by atoms with E-state index in [0.717, 1.165) is 22.4 Å². The van der Waals surface area contributed by atoms with E-state index >= 15 is 0 Å². The Balaban J connectivity index is 2.43. The molecule has 0 atom stereocenters. The normalized spacial score (nSPS) is 13.5. The summed E-state index contributed by atoms with van der Waals surface area (Å²) in [5.41, 5.74) is 0.874. The van der Waals surface area contributed by atoms with Crippen molar-refractivity contribution in [3.8, 4) is 11.5 Å². The van der Waals surface area contributed by atoms with Gasteiger partial charge in [-0.15, -0.1) is 0 Å². The fourth-order valence-electron chi connectivity index (χ4n) is 1.42. The van der Waals surface area contributed by atoms with Crippen molar-refractivity contribution in [1.29, 1.82) is 0 Å². The maximum Gasteiger partial charge on any atom is 0.231 e. The molecule has 0 unspecified atom stereocenters. The van der Waals surface area contributed by atoms with Crippen LogP contribution in [-0.4, -0.2) is 16.8 Å². The lowest BCUT2D eigenvalue weighted by molar-refractivity contribution is 0.175. The second-order valence-electron chi connectivity index (χ2n) is 2.75. The van der Waals surface area contributed by atoms with E-state index in [1.54, 1.807) is 6.20 Å². The van der Waals surface area contributed by atoms with Crippen molar-refractivity contribution >= 4 is 10.9 Å². The highest BCUT2D eigenvalue weighted by atomic mass is 16.7. The monoisotopic (exact) mass is 174 g/mol. The first kappa shape index (κ1) is 6.65. The fourth-order valence-corrected chi connectivity index (χ4v) is 1.42. The van der Waals surface area contributed by atoms with Gasteiger partial charge in [-0.05, 0) is 12.1 Å². The van der Waals surface area contributed by atoms with Gasteiger partial charge in [-0.25, -0.2) is 9.97 Å². The van der Waals surface area contributed by atoms with Crippen LogP contribution in [0.5, 0.6) is 11.5 Å². The number of benzene rings is 1. The molecule has 1 aliphatic rings. The Labute approximate surface area is 74.1 Å². The first-order valence-electron chi connectivity index (χ1n) is 3.93. The van der Waals surface area contributed by atoms with Crippen LogP contribution in [0.4, 0.5) is 0 Å². The Hall–Kier alpha value is -1.84. The molecule has 0 aliphatic carbocycles. The van der Waals surface area contributed by atoms with Crippen LogP contribution in [0, 0.1) is 0 Å². The molecule has 0 amide bonds. The molecule has 4 nitrogen and oxygen atoms in total. The minimum atomic E-state index is 0.281. The maximum atomic E-state index is 5.31. The van der Waals surface area contributed by atoms with Gasteiger partial charge in [-0.2, -0.15) is 0 Å². The molecule has 1 aliphatic heterocycles. The van der Waals surface area contributed by atoms with Crippen LogP contribution in [0.15, 0.2) is 24.7 Å². The summed E-state index contributed by atoms with van der Waals surface area (Å²) in [6.45, 7) is 0.281. The molecular formula is C9H6N2O2. The van der Waals surface area contributed by atoms with Crippen molar-refractivity contribution in [3.05, 3.63) is 24.7 Å². The van der Waals surface area contributed by atoms with E-state index in [9.17, 15) is 0 Å². The van der Waals surface area contributed by atoms with Gasteiger partial charge in [0.15, 0.2) is 11.5 Å². The fraction of sp³-hybridized carbons (Fsp3) is 0.111. The van der Waals surface area contributed by atoms with E-state index in [1.807, 2.05) is 12.1 Å². The molecule has 4 heteroatoms. The summed E-state index contributed by atoms with van der Waals surface area (Å²) in [6, 6.07) is 3.75. The smallest absolute Gasteiger partial charge is 0.231 e. The van der Waals surface area contributed by atoms with Crippen LogP contribution in [0.1, 0.15) is 0 Å². The number of ether oxygens (including phenoxy) is 2. The molecule has 2 heterocycles. The molecular weight excluding hydrogens is 168 g/mol. The molecule has 3 rings (SSSR count). The molecule has 0 saturated heterocycles. The number of hydrogen-bond donors (Lipinski definition) is 0. The predicted molar refractivity (Wildman–Crippen MR) is 45.7 cm³/mol. The lowest BCUT2D eigenvalue weighted by Crippen LogP contribution is -1.93. The van der Waals surface area contributed by atoms with Gasteiger partial charge in [0.25, 0.3) is 0 Å². The average Bonchev–Trinajstić information content (AvgIpc) is 2.65. The summed E-state index contributed by atoms with van der Waals surface area (Å²) in [4.78, 5) is 8.06. The van der Waals surface area contributed by atoms with Crippen LogP contribution in [0.2, 0.25) is 0 Å². The quantitative estimate of drug-likeness (QED) is 0.604.